The van der Waals surface area contributed by atoms with E-state index in [4.69, 9.17) is 0 Å². The minimum Gasteiger partial charge on any atom is -0.508 e. The maximum atomic E-state index is 12.7. The zero-order chi connectivity index (χ0) is 21.8. The van der Waals surface area contributed by atoms with Gasteiger partial charge in [-0.2, -0.15) is 4.31 Å². The highest BCUT2D eigenvalue weighted by atomic mass is 32.2. The van der Waals surface area contributed by atoms with Crippen molar-refractivity contribution >= 4 is 27.3 Å². The summed E-state index contributed by atoms with van der Waals surface area (Å²) in [5.74, 6) is 0.0881. The highest BCUT2D eigenvalue weighted by Gasteiger charge is 2.27. The van der Waals surface area contributed by atoms with E-state index in [0.717, 1.165) is 44.7 Å². The van der Waals surface area contributed by atoms with Gasteiger partial charge in [-0.1, -0.05) is 6.07 Å². The van der Waals surface area contributed by atoms with Crippen LogP contribution < -0.4 is 10.2 Å². The van der Waals surface area contributed by atoms with Crippen molar-refractivity contribution in [3.05, 3.63) is 48.5 Å². The topological polar surface area (TPSA) is 93.2 Å². The lowest BCUT2D eigenvalue weighted by atomic mass is 10.2. The van der Waals surface area contributed by atoms with Crippen LogP contribution in [0, 0.1) is 0 Å². The van der Waals surface area contributed by atoms with E-state index in [2.05, 4.69) is 15.1 Å². The summed E-state index contributed by atoms with van der Waals surface area (Å²) in [5.41, 5.74) is 1.55. The van der Waals surface area contributed by atoms with Gasteiger partial charge in [0.25, 0.3) is 0 Å². The van der Waals surface area contributed by atoms with Crippen LogP contribution in [0.1, 0.15) is 12.8 Å². The van der Waals surface area contributed by atoms with E-state index in [1.807, 2.05) is 12.1 Å². The van der Waals surface area contributed by atoms with E-state index in [1.54, 1.807) is 30.3 Å². The summed E-state index contributed by atoms with van der Waals surface area (Å²) in [6, 6.07) is 13.6. The Bertz CT molecular complexity index is 1010. The monoisotopic (exact) mass is 444 g/mol. The molecule has 0 spiro atoms. The molecule has 8 nitrogen and oxygen atoms in total. The van der Waals surface area contributed by atoms with Crippen molar-refractivity contribution in [1.82, 2.24) is 9.21 Å². The number of rotatable bonds is 6. The van der Waals surface area contributed by atoms with Gasteiger partial charge in [0.1, 0.15) is 5.75 Å². The molecule has 2 aromatic rings. The smallest absolute Gasteiger partial charge is 0.243 e. The number of hydrogen-bond acceptors (Lipinski definition) is 6. The molecule has 0 atom stereocenters. The number of aromatic hydroxyl groups is 1. The third kappa shape index (κ3) is 5.17. The number of hydrogen-bond donors (Lipinski definition) is 2. The van der Waals surface area contributed by atoms with Crippen molar-refractivity contribution in [3.63, 3.8) is 0 Å². The van der Waals surface area contributed by atoms with E-state index in [9.17, 15) is 18.3 Å². The van der Waals surface area contributed by atoms with Gasteiger partial charge < -0.3 is 15.3 Å². The van der Waals surface area contributed by atoms with Crippen molar-refractivity contribution in [2.24, 2.45) is 0 Å². The summed E-state index contributed by atoms with van der Waals surface area (Å²) in [6.45, 7) is 4.44. The zero-order valence-corrected chi connectivity index (χ0v) is 18.2. The number of piperazine rings is 1. The van der Waals surface area contributed by atoms with Gasteiger partial charge in [-0.25, -0.2) is 8.42 Å². The molecule has 2 fully saturated rings. The first kappa shape index (κ1) is 21.6. The molecule has 0 saturated carbocycles. The lowest BCUT2D eigenvalue weighted by molar-refractivity contribution is -0.117. The highest BCUT2D eigenvalue weighted by molar-refractivity contribution is 7.89. The molecule has 2 aliphatic rings. The third-order valence-corrected chi connectivity index (χ3v) is 7.67. The molecule has 0 radical (unpaired) electrons. The van der Waals surface area contributed by atoms with Gasteiger partial charge in [-0.15, -0.1) is 0 Å². The lowest BCUT2D eigenvalue weighted by Crippen LogP contribution is -2.48. The van der Waals surface area contributed by atoms with Crippen LogP contribution in [0.15, 0.2) is 53.4 Å². The third-order valence-electron chi connectivity index (χ3n) is 5.77. The van der Waals surface area contributed by atoms with Crippen molar-refractivity contribution in [1.29, 1.82) is 0 Å². The number of phenols is 1. The number of phenolic OH excluding ortho intramolecular Hbond substituents is 1. The average molecular weight is 445 g/mol. The Balaban J connectivity index is 1.31. The van der Waals surface area contributed by atoms with Crippen LogP contribution in [0.5, 0.6) is 5.75 Å². The summed E-state index contributed by atoms with van der Waals surface area (Å²) < 4.78 is 27.0. The zero-order valence-electron chi connectivity index (χ0n) is 17.4. The van der Waals surface area contributed by atoms with Crippen LogP contribution in [0.25, 0.3) is 0 Å². The molecule has 166 valence electrons. The molecule has 2 aromatic carbocycles. The number of carbonyl (C=O) groups is 1. The maximum absolute atomic E-state index is 12.7. The van der Waals surface area contributed by atoms with E-state index < -0.39 is 10.0 Å². The van der Waals surface area contributed by atoms with Crippen LogP contribution in [0.2, 0.25) is 0 Å². The molecular weight excluding hydrogens is 416 g/mol. The minimum atomic E-state index is -3.51. The van der Waals surface area contributed by atoms with Crippen LogP contribution >= 0.6 is 0 Å². The Morgan fingerprint density at radius 3 is 2.29 bits per heavy atom. The largest absolute Gasteiger partial charge is 0.508 e. The quantitative estimate of drug-likeness (QED) is 0.707. The summed E-state index contributed by atoms with van der Waals surface area (Å²) in [7, 11) is -3.51. The number of nitrogens with zero attached hydrogens (tertiary/aromatic N) is 3. The van der Waals surface area contributed by atoms with Crippen molar-refractivity contribution in [2.45, 2.75) is 17.7 Å². The number of sulfonamides is 1. The maximum Gasteiger partial charge on any atom is 0.243 e. The van der Waals surface area contributed by atoms with Crippen molar-refractivity contribution in [2.75, 3.05) is 56.0 Å². The van der Waals surface area contributed by atoms with E-state index in [-0.39, 0.29) is 23.1 Å². The first-order valence-electron chi connectivity index (χ1n) is 10.6. The average Bonchev–Trinajstić information content (AvgIpc) is 3.31. The Labute approximate surface area is 183 Å². The fourth-order valence-corrected chi connectivity index (χ4v) is 5.61. The van der Waals surface area contributed by atoms with Gasteiger partial charge >= 0.3 is 0 Å². The molecule has 4 rings (SSSR count). The van der Waals surface area contributed by atoms with E-state index >= 15 is 0 Å². The summed E-state index contributed by atoms with van der Waals surface area (Å²) in [5, 5.41) is 12.3. The second-order valence-electron chi connectivity index (χ2n) is 7.97. The molecule has 1 amide bonds. The molecule has 2 saturated heterocycles. The molecule has 0 bridgehead atoms. The second kappa shape index (κ2) is 9.25. The van der Waals surface area contributed by atoms with Crippen LogP contribution in [-0.4, -0.2) is 74.4 Å². The van der Waals surface area contributed by atoms with Crippen LogP contribution in [0.3, 0.4) is 0 Å². The number of benzene rings is 2. The van der Waals surface area contributed by atoms with Crippen molar-refractivity contribution < 1.29 is 18.3 Å². The predicted octanol–water partition coefficient (Wildman–Crippen LogP) is 1.94. The molecule has 0 aromatic heterocycles. The molecular formula is C22H28N4O4S. The standard InChI is InChI=1S/C22H28N4O4S/c27-20-8-6-19(7-9-20)25-14-12-24(13-15-25)17-22(28)23-18-4-3-5-21(16-18)31(29,30)26-10-1-2-11-26/h3-9,16,27H,1-2,10-15,17H2,(H,23,28). The predicted molar refractivity (Wildman–Crippen MR) is 120 cm³/mol. The Hall–Kier alpha value is -2.62. The fraction of sp³-hybridized carbons (Fsp3) is 0.409. The number of carbonyl (C=O) groups excluding carboxylic acids is 1. The molecule has 2 N–H and O–H groups in total. The van der Waals surface area contributed by atoms with Gasteiger partial charge in [0.15, 0.2) is 0 Å². The van der Waals surface area contributed by atoms with Crippen LogP contribution in [0.4, 0.5) is 11.4 Å². The first-order chi connectivity index (χ1) is 14.9. The summed E-state index contributed by atoms with van der Waals surface area (Å²) >= 11 is 0. The number of nitrogens with one attached hydrogen (secondary N) is 1. The fourth-order valence-electron chi connectivity index (χ4n) is 4.04. The van der Waals surface area contributed by atoms with Crippen LogP contribution in [-0.2, 0) is 14.8 Å². The Morgan fingerprint density at radius 1 is 0.935 bits per heavy atom. The summed E-state index contributed by atoms with van der Waals surface area (Å²) in [4.78, 5) is 17.1. The second-order valence-corrected chi connectivity index (χ2v) is 9.90. The molecule has 0 aliphatic carbocycles. The van der Waals surface area contributed by atoms with Gasteiger partial charge in [-0.05, 0) is 55.3 Å². The van der Waals surface area contributed by atoms with Gasteiger partial charge in [0.05, 0.1) is 11.4 Å². The number of anilines is 2. The molecule has 9 heteroatoms. The lowest BCUT2D eigenvalue weighted by Gasteiger charge is -2.35. The Kier molecular flexibility index (Phi) is 6.45. The normalized spacial score (nSPS) is 18.3. The minimum absolute atomic E-state index is 0.159. The van der Waals surface area contributed by atoms with Crippen molar-refractivity contribution in [3.8, 4) is 5.75 Å². The first-order valence-corrected chi connectivity index (χ1v) is 12.0. The van der Waals surface area contributed by atoms with Gasteiger partial charge in [0, 0.05) is 50.6 Å². The van der Waals surface area contributed by atoms with E-state index in [1.165, 1.54) is 10.4 Å². The van der Waals surface area contributed by atoms with Gasteiger partial charge in [0.2, 0.25) is 15.9 Å². The van der Waals surface area contributed by atoms with E-state index in [0.29, 0.717) is 18.8 Å². The SMILES string of the molecule is O=C(CN1CCN(c2ccc(O)cc2)CC1)Nc1cccc(S(=O)(=O)N2CCCC2)c1. The Morgan fingerprint density at radius 2 is 1.61 bits per heavy atom. The number of amides is 1. The molecule has 2 aliphatic heterocycles. The summed E-state index contributed by atoms with van der Waals surface area (Å²) in [6.07, 6.45) is 1.77. The molecule has 2 heterocycles. The molecule has 0 unspecified atom stereocenters. The highest BCUT2D eigenvalue weighted by Crippen LogP contribution is 2.23. The molecule has 31 heavy (non-hydrogen) atoms. The van der Waals surface area contributed by atoms with Gasteiger partial charge in [-0.3, -0.25) is 9.69 Å².